The molecule has 0 aliphatic carbocycles. The highest BCUT2D eigenvalue weighted by atomic mass is 16.3. The molecule has 0 radical (unpaired) electrons. The van der Waals surface area contributed by atoms with Gasteiger partial charge >= 0.3 is 0 Å². The number of allylic oxidation sites excluding steroid dienone is 1. The van der Waals surface area contributed by atoms with Gasteiger partial charge < -0.3 is 10.4 Å². The Morgan fingerprint density at radius 1 is 1.03 bits per heavy atom. The molecule has 1 aromatic rings. The number of azo groups is 1. The minimum atomic E-state index is -0.456. The van der Waals surface area contributed by atoms with E-state index < -0.39 is 5.91 Å². The van der Waals surface area contributed by atoms with Gasteiger partial charge in [-0.3, -0.25) is 9.59 Å². The van der Waals surface area contributed by atoms with Crippen LogP contribution in [0.2, 0.25) is 0 Å². The van der Waals surface area contributed by atoms with E-state index >= 15 is 0 Å². The average Bonchev–Trinajstić information content (AvgIpc) is 2.77. The molecule has 31 heavy (non-hydrogen) atoms. The molecule has 0 aliphatic rings. The summed E-state index contributed by atoms with van der Waals surface area (Å²) in [5.74, 6) is -0.247. The van der Waals surface area contributed by atoms with Crippen LogP contribution in [-0.4, -0.2) is 23.3 Å². The van der Waals surface area contributed by atoms with Crippen LogP contribution in [0.4, 0.5) is 5.69 Å². The summed E-state index contributed by atoms with van der Waals surface area (Å²) in [6, 6.07) is 6.99. The van der Waals surface area contributed by atoms with Gasteiger partial charge in [0.1, 0.15) is 5.76 Å². The molecule has 0 saturated carbocycles. The predicted octanol–water partition coefficient (Wildman–Crippen LogP) is 7.05. The first-order valence-corrected chi connectivity index (χ1v) is 11.7. The van der Waals surface area contributed by atoms with Gasteiger partial charge in [0.15, 0.2) is 11.5 Å². The molecule has 0 heterocycles. The Bertz CT molecular complexity index is 752. The number of hydrogen-bond acceptors (Lipinski definition) is 5. The minimum absolute atomic E-state index is 0.0167. The molecule has 6 nitrogen and oxygen atoms in total. The van der Waals surface area contributed by atoms with Crippen molar-refractivity contribution in [3.63, 3.8) is 0 Å². The van der Waals surface area contributed by atoms with Crippen molar-refractivity contribution >= 4 is 17.4 Å². The number of benzene rings is 1. The van der Waals surface area contributed by atoms with E-state index in [1.165, 1.54) is 6.92 Å². The quantitative estimate of drug-likeness (QED) is 0.103. The molecule has 0 bridgehead atoms. The van der Waals surface area contributed by atoms with E-state index in [-0.39, 0.29) is 17.2 Å². The molecule has 6 heteroatoms. The number of aliphatic hydroxyl groups excluding tert-OH is 1. The normalized spacial score (nSPS) is 13.2. The van der Waals surface area contributed by atoms with Gasteiger partial charge in [0, 0.05) is 18.5 Å². The Balaban J connectivity index is 2.85. The fourth-order valence-electron chi connectivity index (χ4n) is 3.29. The van der Waals surface area contributed by atoms with Crippen molar-refractivity contribution in [1.82, 2.24) is 5.32 Å². The number of carbonyl (C=O) groups excluding carboxylic acids is 2. The van der Waals surface area contributed by atoms with E-state index in [4.69, 9.17) is 0 Å². The Morgan fingerprint density at radius 2 is 1.74 bits per heavy atom. The third-order valence-corrected chi connectivity index (χ3v) is 5.37. The van der Waals surface area contributed by atoms with Crippen LogP contribution >= 0.6 is 0 Å². The van der Waals surface area contributed by atoms with Gasteiger partial charge in [-0.1, -0.05) is 71.4 Å². The Kier molecular flexibility index (Phi) is 13.1. The topological polar surface area (TPSA) is 91.1 Å². The molecule has 0 spiro atoms. The average molecular weight is 430 g/mol. The molecule has 172 valence electrons. The fraction of sp³-hybridized carbons (Fsp3) is 0.600. The highest BCUT2D eigenvalue weighted by molar-refractivity contribution is 6.00. The van der Waals surface area contributed by atoms with E-state index in [0.717, 1.165) is 51.4 Å². The van der Waals surface area contributed by atoms with Gasteiger partial charge in [0.2, 0.25) is 0 Å². The molecular weight excluding hydrogens is 390 g/mol. The van der Waals surface area contributed by atoms with Gasteiger partial charge in [-0.15, -0.1) is 10.2 Å². The van der Waals surface area contributed by atoms with Crippen molar-refractivity contribution in [2.75, 3.05) is 6.54 Å². The van der Waals surface area contributed by atoms with Crippen LogP contribution in [0.25, 0.3) is 0 Å². The van der Waals surface area contributed by atoms with Gasteiger partial charge in [0.05, 0.1) is 5.69 Å². The molecule has 0 aromatic heterocycles. The van der Waals surface area contributed by atoms with Crippen LogP contribution in [0.3, 0.4) is 0 Å². The number of nitrogens with one attached hydrogen (secondary N) is 1. The maximum atomic E-state index is 12.6. The molecule has 1 aromatic carbocycles. The number of rotatable bonds is 15. The monoisotopic (exact) mass is 429 g/mol. The number of carbonyl (C=O) groups is 2. The minimum Gasteiger partial charge on any atom is -0.510 e. The Labute approximate surface area is 187 Å². The number of hydrogen-bond donors (Lipinski definition) is 2. The second kappa shape index (κ2) is 15.3. The molecule has 1 atom stereocenters. The standard InChI is InChI=1S/C25H39N3O3/c1-5-8-10-11-17-23(30)21-15-12-13-16-22(21)27-28-24(19(4)29)25(31)26-18-20(7-3)14-9-6-2/h12-13,15-16,20,29H,5-11,14,17-18H2,1-4H3,(H,26,31). The number of nitrogens with zero attached hydrogens (tertiary/aromatic N) is 2. The lowest BCUT2D eigenvalue weighted by molar-refractivity contribution is -0.118. The summed E-state index contributed by atoms with van der Waals surface area (Å²) < 4.78 is 0. The number of amides is 1. The van der Waals surface area contributed by atoms with Crippen LogP contribution < -0.4 is 5.32 Å². The predicted molar refractivity (Wildman–Crippen MR) is 126 cm³/mol. The lowest BCUT2D eigenvalue weighted by Gasteiger charge is -2.15. The van der Waals surface area contributed by atoms with Crippen molar-refractivity contribution in [3.05, 3.63) is 41.3 Å². The van der Waals surface area contributed by atoms with E-state index in [1.807, 2.05) is 0 Å². The number of Topliss-reactive ketones (excluding diaryl/α,β-unsaturated/α-hetero) is 1. The maximum Gasteiger partial charge on any atom is 0.275 e. The first-order chi connectivity index (χ1) is 14.9. The molecule has 1 unspecified atom stereocenters. The zero-order valence-electron chi connectivity index (χ0n) is 19.6. The third-order valence-electron chi connectivity index (χ3n) is 5.37. The molecule has 1 amide bonds. The van der Waals surface area contributed by atoms with Crippen molar-refractivity contribution in [2.24, 2.45) is 16.1 Å². The molecule has 0 aliphatic heterocycles. The molecule has 1 rings (SSSR count). The van der Waals surface area contributed by atoms with Crippen LogP contribution in [0, 0.1) is 5.92 Å². The SMILES string of the molecule is CCCCCCC(=O)c1ccccc1N=NC(C(=O)NCC(CC)CCCC)=C(C)O. The second-order valence-electron chi connectivity index (χ2n) is 8.01. The molecular formula is C25H39N3O3. The van der Waals surface area contributed by atoms with Gasteiger partial charge in [0.25, 0.3) is 5.91 Å². The Morgan fingerprint density at radius 3 is 2.39 bits per heavy atom. The summed E-state index contributed by atoms with van der Waals surface area (Å²) in [6.45, 7) is 8.34. The summed E-state index contributed by atoms with van der Waals surface area (Å²) >= 11 is 0. The second-order valence-corrected chi connectivity index (χ2v) is 8.01. The summed E-state index contributed by atoms with van der Waals surface area (Å²) in [7, 11) is 0. The van der Waals surface area contributed by atoms with Crippen molar-refractivity contribution in [3.8, 4) is 0 Å². The maximum absolute atomic E-state index is 12.6. The van der Waals surface area contributed by atoms with Crippen LogP contribution in [0.5, 0.6) is 0 Å². The van der Waals surface area contributed by atoms with Crippen LogP contribution in [0.1, 0.15) is 95.8 Å². The smallest absolute Gasteiger partial charge is 0.275 e. The fourth-order valence-corrected chi connectivity index (χ4v) is 3.29. The number of ketones is 1. The van der Waals surface area contributed by atoms with E-state index in [0.29, 0.717) is 30.1 Å². The first kappa shape index (κ1) is 26.5. The number of aliphatic hydroxyl groups is 1. The third kappa shape index (κ3) is 9.90. The molecule has 2 N–H and O–H groups in total. The highest BCUT2D eigenvalue weighted by Gasteiger charge is 2.16. The van der Waals surface area contributed by atoms with Crippen molar-refractivity contribution < 1.29 is 14.7 Å². The summed E-state index contributed by atoms with van der Waals surface area (Å²) in [4.78, 5) is 25.2. The summed E-state index contributed by atoms with van der Waals surface area (Å²) in [5.41, 5.74) is 0.767. The zero-order valence-corrected chi connectivity index (χ0v) is 19.6. The molecule has 0 saturated heterocycles. The largest absolute Gasteiger partial charge is 0.510 e. The zero-order chi connectivity index (χ0) is 23.1. The van der Waals surface area contributed by atoms with Crippen LogP contribution in [0.15, 0.2) is 46.0 Å². The van der Waals surface area contributed by atoms with E-state index in [1.54, 1.807) is 24.3 Å². The lowest BCUT2D eigenvalue weighted by Crippen LogP contribution is -2.30. The highest BCUT2D eigenvalue weighted by Crippen LogP contribution is 2.23. The molecule has 0 fully saturated rings. The first-order valence-electron chi connectivity index (χ1n) is 11.7. The summed E-state index contributed by atoms with van der Waals surface area (Å²) in [5, 5.41) is 21.0. The Hall–Kier alpha value is -2.50. The van der Waals surface area contributed by atoms with Gasteiger partial charge in [-0.05, 0) is 37.8 Å². The van der Waals surface area contributed by atoms with Crippen molar-refractivity contribution in [2.45, 2.75) is 85.5 Å². The van der Waals surface area contributed by atoms with Gasteiger partial charge in [-0.2, -0.15) is 0 Å². The number of unbranched alkanes of at least 4 members (excludes halogenated alkanes) is 4. The van der Waals surface area contributed by atoms with E-state index in [9.17, 15) is 14.7 Å². The summed E-state index contributed by atoms with van der Waals surface area (Å²) in [6.07, 6.45) is 8.85. The van der Waals surface area contributed by atoms with Gasteiger partial charge in [-0.25, -0.2) is 0 Å². The van der Waals surface area contributed by atoms with E-state index in [2.05, 4.69) is 36.3 Å². The van der Waals surface area contributed by atoms with Crippen molar-refractivity contribution in [1.29, 1.82) is 0 Å². The van der Waals surface area contributed by atoms with Crippen LogP contribution in [-0.2, 0) is 4.79 Å². The lowest BCUT2D eigenvalue weighted by atomic mass is 9.99.